The van der Waals surface area contributed by atoms with Crippen molar-refractivity contribution >= 4 is 15.9 Å². The van der Waals surface area contributed by atoms with Gasteiger partial charge in [0.25, 0.3) is 0 Å². The van der Waals surface area contributed by atoms with Gasteiger partial charge in [-0.15, -0.1) is 0 Å². The second kappa shape index (κ2) is 5.61. The van der Waals surface area contributed by atoms with Crippen LogP contribution in [0, 0.1) is 23.3 Å². The van der Waals surface area contributed by atoms with Crippen LogP contribution in [0.25, 0.3) is 0 Å². The molecule has 0 radical (unpaired) electrons. The number of hydrogen-bond acceptors (Lipinski definition) is 1. The van der Waals surface area contributed by atoms with Crippen molar-refractivity contribution in [1.29, 1.82) is 0 Å². The normalized spacial score (nSPS) is 10.6. The number of rotatable bonds is 3. The van der Waals surface area contributed by atoms with E-state index in [4.69, 9.17) is 4.74 Å². The van der Waals surface area contributed by atoms with E-state index in [1.807, 2.05) is 0 Å². The largest absolute Gasteiger partial charge is 0.448 e. The lowest BCUT2D eigenvalue weighted by molar-refractivity contribution is 0.384. The Balaban J connectivity index is 2.41. The maximum absolute atomic E-state index is 13.6. The second-order valence-electron chi connectivity index (χ2n) is 3.70. The number of ether oxygens (including phenoxy) is 1. The van der Waals surface area contributed by atoms with Gasteiger partial charge in [-0.25, -0.2) is 17.6 Å². The van der Waals surface area contributed by atoms with E-state index >= 15 is 0 Å². The van der Waals surface area contributed by atoms with Gasteiger partial charge in [0, 0.05) is 11.4 Å². The summed E-state index contributed by atoms with van der Waals surface area (Å²) in [5.41, 5.74) is 0.363. The maximum atomic E-state index is 13.6. The first-order valence-electron chi connectivity index (χ1n) is 5.18. The molecule has 0 spiro atoms. The Morgan fingerprint density at radius 1 is 0.895 bits per heavy atom. The Kier molecular flexibility index (Phi) is 4.09. The topological polar surface area (TPSA) is 9.23 Å². The molecule has 100 valence electrons. The van der Waals surface area contributed by atoms with Crippen LogP contribution >= 0.6 is 15.9 Å². The Morgan fingerprint density at radius 3 is 2.11 bits per heavy atom. The Labute approximate surface area is 114 Å². The predicted molar refractivity (Wildman–Crippen MR) is 65.4 cm³/mol. The highest BCUT2D eigenvalue weighted by atomic mass is 79.9. The zero-order valence-electron chi connectivity index (χ0n) is 9.39. The third-order valence-corrected chi connectivity index (χ3v) is 2.97. The van der Waals surface area contributed by atoms with E-state index in [0.29, 0.717) is 11.6 Å². The summed E-state index contributed by atoms with van der Waals surface area (Å²) in [6.45, 7) is 0. The summed E-state index contributed by atoms with van der Waals surface area (Å²) in [5, 5.41) is 0.259. The first-order valence-corrected chi connectivity index (χ1v) is 6.30. The lowest BCUT2D eigenvalue weighted by atomic mass is 10.2. The van der Waals surface area contributed by atoms with Crippen LogP contribution in [0.1, 0.15) is 5.56 Å². The molecule has 0 heterocycles. The highest BCUT2D eigenvalue weighted by molar-refractivity contribution is 9.08. The molecule has 2 aromatic carbocycles. The monoisotopic (exact) mass is 334 g/mol. The molecule has 0 aromatic heterocycles. The molecule has 0 unspecified atom stereocenters. The van der Waals surface area contributed by atoms with Gasteiger partial charge in [-0.1, -0.05) is 15.9 Å². The summed E-state index contributed by atoms with van der Waals surface area (Å²) >= 11 is 3.05. The maximum Gasteiger partial charge on any atom is 0.198 e. The predicted octanol–water partition coefficient (Wildman–Crippen LogP) is 4.93. The zero-order valence-corrected chi connectivity index (χ0v) is 11.0. The van der Waals surface area contributed by atoms with Crippen molar-refractivity contribution < 1.29 is 22.3 Å². The molecular weight excluding hydrogens is 328 g/mol. The van der Waals surface area contributed by atoms with Crippen molar-refractivity contribution in [1.82, 2.24) is 0 Å². The molecule has 1 nitrogen and oxygen atoms in total. The van der Waals surface area contributed by atoms with Crippen LogP contribution in [0.5, 0.6) is 11.5 Å². The molecule has 0 aliphatic carbocycles. The van der Waals surface area contributed by atoms with Gasteiger partial charge < -0.3 is 4.74 Å². The summed E-state index contributed by atoms with van der Waals surface area (Å²) in [6.07, 6.45) is 0. The van der Waals surface area contributed by atoms with Crippen molar-refractivity contribution in [3.63, 3.8) is 0 Å². The first-order chi connectivity index (χ1) is 9.01. The summed E-state index contributed by atoms with van der Waals surface area (Å²) in [4.78, 5) is 0. The second-order valence-corrected chi connectivity index (χ2v) is 4.26. The van der Waals surface area contributed by atoms with Gasteiger partial charge in [0.15, 0.2) is 29.0 Å². The smallest absolute Gasteiger partial charge is 0.198 e. The van der Waals surface area contributed by atoms with Crippen molar-refractivity contribution in [2.45, 2.75) is 5.33 Å². The fraction of sp³-hybridized carbons (Fsp3) is 0.0769. The van der Waals surface area contributed by atoms with E-state index in [1.54, 1.807) is 0 Å². The highest BCUT2D eigenvalue weighted by Gasteiger charge is 2.15. The number of benzene rings is 2. The molecule has 0 saturated carbocycles. The Bertz CT molecular complexity index is 593. The average molecular weight is 335 g/mol. The third kappa shape index (κ3) is 3.07. The fourth-order valence-corrected chi connectivity index (χ4v) is 1.78. The van der Waals surface area contributed by atoms with Crippen LogP contribution < -0.4 is 4.74 Å². The van der Waals surface area contributed by atoms with Crippen LogP contribution in [-0.4, -0.2) is 0 Å². The summed E-state index contributed by atoms with van der Waals surface area (Å²) < 4.78 is 58.2. The summed E-state index contributed by atoms with van der Waals surface area (Å²) in [6, 6.07) is 4.50. The number of hydrogen-bond donors (Lipinski definition) is 0. The molecule has 0 bridgehead atoms. The molecule has 0 aliphatic rings. The molecule has 2 aromatic rings. The minimum Gasteiger partial charge on any atom is -0.448 e. The average Bonchev–Trinajstić information content (AvgIpc) is 2.37. The molecule has 0 amide bonds. The van der Waals surface area contributed by atoms with Gasteiger partial charge in [-0.2, -0.15) is 0 Å². The minimum atomic E-state index is -0.988. The lowest BCUT2D eigenvalue weighted by Crippen LogP contribution is -1.97. The van der Waals surface area contributed by atoms with Crippen LogP contribution in [-0.2, 0) is 5.33 Å². The number of halogens is 5. The highest BCUT2D eigenvalue weighted by Crippen LogP contribution is 2.31. The Hall–Kier alpha value is -1.56. The molecule has 2 rings (SSSR count). The van der Waals surface area contributed by atoms with E-state index in [-0.39, 0.29) is 5.33 Å². The van der Waals surface area contributed by atoms with E-state index in [1.165, 1.54) is 0 Å². The van der Waals surface area contributed by atoms with Gasteiger partial charge in [0.2, 0.25) is 0 Å². The van der Waals surface area contributed by atoms with Gasteiger partial charge in [0.05, 0.1) is 0 Å². The summed E-state index contributed by atoms with van der Waals surface area (Å²) in [5.74, 6) is -5.01. The van der Waals surface area contributed by atoms with E-state index in [0.717, 1.165) is 24.3 Å². The molecule has 6 heteroatoms. The lowest BCUT2D eigenvalue weighted by Gasteiger charge is -2.10. The molecule has 19 heavy (non-hydrogen) atoms. The van der Waals surface area contributed by atoms with Crippen molar-refractivity contribution in [3.05, 3.63) is 59.2 Å². The number of alkyl halides is 1. The fourth-order valence-electron chi connectivity index (χ4n) is 1.45. The van der Waals surface area contributed by atoms with Crippen LogP contribution in [0.4, 0.5) is 17.6 Å². The van der Waals surface area contributed by atoms with E-state index in [2.05, 4.69) is 15.9 Å². The zero-order chi connectivity index (χ0) is 14.0. The van der Waals surface area contributed by atoms with Crippen molar-refractivity contribution in [2.24, 2.45) is 0 Å². The quantitative estimate of drug-likeness (QED) is 0.571. The van der Waals surface area contributed by atoms with Gasteiger partial charge in [-0.3, -0.25) is 0 Å². The first kappa shape index (κ1) is 13.9. The third-order valence-electron chi connectivity index (χ3n) is 2.32. The van der Waals surface area contributed by atoms with Crippen molar-refractivity contribution in [3.8, 4) is 11.5 Å². The molecule has 0 N–H and O–H groups in total. The van der Waals surface area contributed by atoms with Gasteiger partial charge in [0.1, 0.15) is 5.82 Å². The minimum absolute atomic E-state index is 0.259. The Morgan fingerprint density at radius 2 is 1.53 bits per heavy atom. The molecule has 0 aliphatic heterocycles. The standard InChI is InChI=1S/C13H7BrF4O/c14-6-7-3-10(17)13(11(18)4-7)19-12-5-8(15)1-2-9(12)16/h1-5H,6H2. The van der Waals surface area contributed by atoms with Gasteiger partial charge >= 0.3 is 0 Å². The van der Waals surface area contributed by atoms with E-state index < -0.39 is 34.8 Å². The molecule has 0 atom stereocenters. The summed E-state index contributed by atoms with van der Waals surface area (Å²) in [7, 11) is 0. The molecule has 0 saturated heterocycles. The van der Waals surface area contributed by atoms with Gasteiger partial charge in [-0.05, 0) is 29.8 Å². The van der Waals surface area contributed by atoms with Crippen LogP contribution in [0.3, 0.4) is 0 Å². The van der Waals surface area contributed by atoms with E-state index in [9.17, 15) is 17.6 Å². The van der Waals surface area contributed by atoms with Crippen LogP contribution in [0.15, 0.2) is 30.3 Å². The SMILES string of the molecule is Fc1ccc(F)c(Oc2c(F)cc(CBr)cc2F)c1. The van der Waals surface area contributed by atoms with Crippen molar-refractivity contribution in [2.75, 3.05) is 0 Å². The molecule has 0 fully saturated rings. The van der Waals surface area contributed by atoms with Crippen LogP contribution in [0.2, 0.25) is 0 Å². The molecular formula is C13H7BrF4O.